The molecule has 0 aromatic rings. The van der Waals surface area contributed by atoms with Gasteiger partial charge in [-0.1, -0.05) is 45.4 Å². The highest BCUT2D eigenvalue weighted by Gasteiger charge is 2.04. The Morgan fingerprint density at radius 1 is 0.537 bits per heavy atom. The number of hydrogen-bond acceptors (Lipinski definition) is 11. The van der Waals surface area contributed by atoms with E-state index in [1.165, 1.54) is 32.1 Å². The third kappa shape index (κ3) is 34.2. The van der Waals surface area contributed by atoms with Gasteiger partial charge in [0.15, 0.2) is 0 Å². The van der Waals surface area contributed by atoms with Crippen LogP contribution in [0, 0.1) is 0 Å². The van der Waals surface area contributed by atoms with Gasteiger partial charge in [0.2, 0.25) is 5.91 Å². The summed E-state index contributed by atoms with van der Waals surface area (Å²) in [5.74, 6) is -1.67. The minimum absolute atomic E-state index is 0.154. The van der Waals surface area contributed by atoms with Crippen LogP contribution in [0.15, 0.2) is 0 Å². The molecule has 0 rings (SSSR count). The fourth-order valence-electron chi connectivity index (χ4n) is 3.26. The molecule has 0 aromatic carbocycles. The summed E-state index contributed by atoms with van der Waals surface area (Å²) >= 11 is 0. The maximum Gasteiger partial charge on any atom is 0.329 e. The largest absolute Gasteiger partial charge is 0.480 e. The van der Waals surface area contributed by atoms with Crippen molar-refractivity contribution in [2.45, 2.75) is 58.3 Å². The van der Waals surface area contributed by atoms with Crippen molar-refractivity contribution in [2.24, 2.45) is 0 Å². The average Bonchev–Trinajstić information content (AvgIpc) is 2.95. The molecule has 2 N–H and O–H groups in total. The molecule has 41 heavy (non-hydrogen) atoms. The summed E-state index contributed by atoms with van der Waals surface area (Å²) in [6.45, 7) is 7.03. The van der Waals surface area contributed by atoms with Gasteiger partial charge in [0.1, 0.15) is 19.8 Å². The lowest BCUT2D eigenvalue weighted by atomic mass is 10.1. The summed E-state index contributed by atoms with van der Waals surface area (Å²) in [6.07, 6.45) is 8.72. The van der Waals surface area contributed by atoms with Crippen LogP contribution >= 0.6 is 0 Å². The van der Waals surface area contributed by atoms with Gasteiger partial charge in [-0.05, 0) is 6.42 Å². The molecular weight excluding hydrogens is 542 g/mol. The molecule has 0 radical (unpaired) electrons. The van der Waals surface area contributed by atoms with Crippen molar-refractivity contribution < 1.29 is 57.4 Å². The van der Waals surface area contributed by atoms with E-state index >= 15 is 0 Å². The first-order chi connectivity index (χ1) is 20.1. The molecule has 1 amide bonds. The van der Waals surface area contributed by atoms with Crippen molar-refractivity contribution in [3.05, 3.63) is 0 Å². The number of esters is 1. The number of rotatable bonds is 33. The number of carbonyl (C=O) groups is 3. The Bertz CT molecular complexity index is 609. The smallest absolute Gasteiger partial charge is 0.329 e. The van der Waals surface area contributed by atoms with E-state index in [1.807, 2.05) is 0 Å². The number of carboxylic acid groups (broad SMARTS) is 1. The highest BCUT2D eigenvalue weighted by atomic mass is 16.6. The highest BCUT2D eigenvalue weighted by molar-refractivity contribution is 5.77. The van der Waals surface area contributed by atoms with Gasteiger partial charge in [0, 0.05) is 13.0 Å². The number of unbranched alkanes of at least 4 members (excludes halogenated alkanes) is 6. The standard InChI is InChI=1S/C28H53NO12/c1-2-3-4-5-6-7-8-9-28(33)41-23-22-39-21-20-38-19-18-37-17-16-36-15-14-35-13-12-34-11-10-29-26(30)24-40-25-27(31)32/h2-25H2,1H3,(H,29,30)(H,31,32). The Kier molecular flexibility index (Phi) is 31.2. The Hall–Kier alpha value is -1.87. The van der Waals surface area contributed by atoms with Gasteiger partial charge in [-0.2, -0.15) is 0 Å². The van der Waals surface area contributed by atoms with Gasteiger partial charge in [-0.15, -0.1) is 0 Å². The molecule has 0 saturated carbocycles. The third-order valence-corrected chi connectivity index (χ3v) is 5.36. The van der Waals surface area contributed by atoms with E-state index in [0.29, 0.717) is 92.2 Å². The molecule has 0 aliphatic heterocycles. The molecule has 13 nitrogen and oxygen atoms in total. The zero-order valence-corrected chi connectivity index (χ0v) is 24.9. The van der Waals surface area contributed by atoms with Crippen LogP contribution in [0.2, 0.25) is 0 Å². The van der Waals surface area contributed by atoms with Gasteiger partial charge in [0.05, 0.1) is 79.3 Å². The van der Waals surface area contributed by atoms with E-state index in [2.05, 4.69) is 17.0 Å². The number of amides is 1. The van der Waals surface area contributed by atoms with Crippen LogP contribution in [0.25, 0.3) is 0 Å². The summed E-state index contributed by atoms with van der Waals surface area (Å²) in [5, 5.41) is 11.0. The second-order valence-electron chi connectivity index (χ2n) is 9.00. The average molecular weight is 596 g/mol. The van der Waals surface area contributed by atoms with Gasteiger partial charge in [-0.3, -0.25) is 9.59 Å². The van der Waals surface area contributed by atoms with Crippen LogP contribution in [-0.4, -0.2) is 129 Å². The predicted octanol–water partition coefficient (Wildman–Crippen LogP) is 1.99. The Morgan fingerprint density at radius 3 is 1.46 bits per heavy atom. The molecule has 0 atom stereocenters. The fourth-order valence-corrected chi connectivity index (χ4v) is 3.26. The van der Waals surface area contributed by atoms with Gasteiger partial charge < -0.3 is 48.3 Å². The molecule has 0 aromatic heterocycles. The van der Waals surface area contributed by atoms with Crippen molar-refractivity contribution in [2.75, 3.05) is 106 Å². The van der Waals surface area contributed by atoms with Gasteiger partial charge in [-0.25, -0.2) is 4.79 Å². The lowest BCUT2D eigenvalue weighted by Crippen LogP contribution is -2.31. The Balaban J connectivity index is 3.16. The summed E-state index contributed by atoms with van der Waals surface area (Å²) in [4.78, 5) is 33.3. The van der Waals surface area contributed by atoms with Crippen molar-refractivity contribution >= 4 is 17.8 Å². The van der Waals surface area contributed by atoms with Crippen LogP contribution in [0.5, 0.6) is 0 Å². The molecule has 242 valence electrons. The van der Waals surface area contributed by atoms with E-state index < -0.39 is 18.5 Å². The fraction of sp³-hybridized carbons (Fsp3) is 0.893. The number of ether oxygens (including phenoxy) is 8. The second-order valence-corrected chi connectivity index (χ2v) is 9.00. The minimum atomic E-state index is -1.12. The molecule has 0 fully saturated rings. The number of carboxylic acids is 1. The Labute approximate surface area is 244 Å². The number of nitrogens with one attached hydrogen (secondary N) is 1. The maximum atomic E-state index is 11.7. The quantitative estimate of drug-likeness (QED) is 0.0841. The zero-order chi connectivity index (χ0) is 30.1. The van der Waals surface area contributed by atoms with Crippen molar-refractivity contribution in [1.29, 1.82) is 0 Å². The summed E-state index contributed by atoms with van der Waals surface area (Å²) in [5.41, 5.74) is 0. The molecule has 0 aliphatic carbocycles. The SMILES string of the molecule is CCCCCCCCCC(=O)OCCOCCOCCOCCOCCOCCOCCNC(=O)COCC(=O)O. The minimum Gasteiger partial charge on any atom is -0.480 e. The molecule has 13 heteroatoms. The van der Waals surface area contributed by atoms with Gasteiger partial charge >= 0.3 is 11.9 Å². The first kappa shape index (κ1) is 39.1. The molecule has 0 saturated heterocycles. The molecule has 0 heterocycles. The summed E-state index contributed by atoms with van der Waals surface area (Å²) < 4.78 is 42.2. The van der Waals surface area contributed by atoms with Gasteiger partial charge in [0.25, 0.3) is 0 Å². The van der Waals surface area contributed by atoms with Crippen LogP contribution in [-0.2, 0) is 52.3 Å². The van der Waals surface area contributed by atoms with E-state index in [9.17, 15) is 14.4 Å². The monoisotopic (exact) mass is 595 g/mol. The van der Waals surface area contributed by atoms with Crippen molar-refractivity contribution in [1.82, 2.24) is 5.32 Å². The molecule has 0 unspecified atom stereocenters. The normalized spacial score (nSPS) is 11.0. The van der Waals surface area contributed by atoms with Crippen molar-refractivity contribution in [3.63, 3.8) is 0 Å². The molecule has 0 bridgehead atoms. The molecular formula is C28H53NO12. The maximum absolute atomic E-state index is 11.7. The van der Waals surface area contributed by atoms with Crippen LogP contribution < -0.4 is 5.32 Å². The van der Waals surface area contributed by atoms with E-state index in [4.69, 9.17) is 38.3 Å². The predicted molar refractivity (Wildman–Crippen MR) is 150 cm³/mol. The summed E-state index contributed by atoms with van der Waals surface area (Å²) in [7, 11) is 0. The molecule has 0 aliphatic rings. The lowest BCUT2D eigenvalue weighted by molar-refractivity contribution is -0.146. The molecule has 0 spiro atoms. The Morgan fingerprint density at radius 2 is 0.976 bits per heavy atom. The first-order valence-electron chi connectivity index (χ1n) is 14.7. The topological polar surface area (TPSA) is 157 Å². The van der Waals surface area contributed by atoms with E-state index in [0.717, 1.165) is 12.8 Å². The van der Waals surface area contributed by atoms with Crippen LogP contribution in [0.4, 0.5) is 0 Å². The number of hydrogen-bond donors (Lipinski definition) is 2. The van der Waals surface area contributed by atoms with E-state index in [1.54, 1.807) is 0 Å². The highest BCUT2D eigenvalue weighted by Crippen LogP contribution is 2.08. The zero-order valence-electron chi connectivity index (χ0n) is 24.9. The number of carbonyl (C=O) groups excluding carboxylic acids is 2. The van der Waals surface area contributed by atoms with Crippen LogP contribution in [0.3, 0.4) is 0 Å². The lowest BCUT2D eigenvalue weighted by Gasteiger charge is -2.09. The second kappa shape index (κ2) is 32.6. The first-order valence-corrected chi connectivity index (χ1v) is 14.7. The van der Waals surface area contributed by atoms with E-state index in [-0.39, 0.29) is 19.2 Å². The number of aliphatic carboxylic acids is 1. The summed E-state index contributed by atoms with van der Waals surface area (Å²) in [6, 6.07) is 0. The van der Waals surface area contributed by atoms with Crippen molar-refractivity contribution in [3.8, 4) is 0 Å². The third-order valence-electron chi connectivity index (χ3n) is 5.36. The van der Waals surface area contributed by atoms with Crippen LogP contribution in [0.1, 0.15) is 58.3 Å².